The van der Waals surface area contributed by atoms with Crippen LogP contribution in [0.2, 0.25) is 0 Å². The fourth-order valence-electron chi connectivity index (χ4n) is 1.64. The zero-order valence-corrected chi connectivity index (χ0v) is 12.3. The molecule has 1 aromatic rings. The largest absolute Gasteiger partial charge is 0.497 e. The van der Waals surface area contributed by atoms with Crippen LogP contribution < -0.4 is 9.46 Å². The third kappa shape index (κ3) is 4.81. The number of sulfonamides is 1. The summed E-state index contributed by atoms with van der Waals surface area (Å²) in [6, 6.07) is 6.88. The second-order valence-corrected chi connectivity index (χ2v) is 6.57. The monoisotopic (exact) mass is 287 g/mol. The highest BCUT2D eigenvalue weighted by atomic mass is 32.2. The van der Waals surface area contributed by atoms with E-state index in [1.165, 1.54) is 0 Å². The Kier molecular flexibility index (Phi) is 5.34. The average Bonchev–Trinajstić information content (AvgIpc) is 2.37. The molecule has 0 saturated heterocycles. The zero-order valence-electron chi connectivity index (χ0n) is 11.5. The summed E-state index contributed by atoms with van der Waals surface area (Å²) in [6.45, 7) is 3.31. The Morgan fingerprint density at radius 2 is 1.89 bits per heavy atom. The number of methoxy groups -OCH3 is 1. The van der Waals surface area contributed by atoms with Crippen molar-refractivity contribution in [1.82, 2.24) is 4.72 Å². The molecule has 0 aliphatic heterocycles. The van der Waals surface area contributed by atoms with Crippen LogP contribution in [0.15, 0.2) is 24.3 Å². The van der Waals surface area contributed by atoms with Gasteiger partial charge in [-0.2, -0.15) is 0 Å². The highest BCUT2D eigenvalue weighted by Gasteiger charge is 2.25. The first-order chi connectivity index (χ1) is 8.80. The van der Waals surface area contributed by atoms with Gasteiger partial charge in [-0.05, 0) is 31.0 Å². The summed E-state index contributed by atoms with van der Waals surface area (Å²) in [5, 5.41) is 10.3. The van der Waals surface area contributed by atoms with E-state index in [9.17, 15) is 13.5 Å². The lowest BCUT2D eigenvalue weighted by molar-refractivity contribution is 0.0627. The van der Waals surface area contributed by atoms with Gasteiger partial charge in [-0.1, -0.05) is 19.1 Å². The molecule has 0 saturated carbocycles. The zero-order chi connectivity index (χ0) is 14.5. The van der Waals surface area contributed by atoms with Gasteiger partial charge >= 0.3 is 0 Å². The number of aliphatic hydroxyl groups is 1. The van der Waals surface area contributed by atoms with E-state index in [1.54, 1.807) is 45.2 Å². The Bertz CT molecular complexity index is 494. The molecule has 2 N–H and O–H groups in total. The molecule has 6 heteroatoms. The Morgan fingerprint density at radius 3 is 2.37 bits per heavy atom. The molecular weight excluding hydrogens is 266 g/mol. The van der Waals surface area contributed by atoms with Gasteiger partial charge in [0.1, 0.15) is 11.4 Å². The lowest BCUT2D eigenvalue weighted by Gasteiger charge is -2.24. The van der Waals surface area contributed by atoms with Crippen molar-refractivity contribution >= 4 is 10.0 Å². The van der Waals surface area contributed by atoms with Crippen LogP contribution in [0.25, 0.3) is 0 Å². The second-order valence-electron chi connectivity index (χ2n) is 4.64. The van der Waals surface area contributed by atoms with Crippen molar-refractivity contribution in [2.75, 3.05) is 19.4 Å². The Hall–Kier alpha value is -1.11. The quantitative estimate of drug-likeness (QED) is 0.791. The minimum Gasteiger partial charge on any atom is -0.497 e. The van der Waals surface area contributed by atoms with Crippen molar-refractivity contribution in [3.8, 4) is 5.75 Å². The average molecular weight is 287 g/mol. The van der Waals surface area contributed by atoms with Crippen LogP contribution in [-0.4, -0.2) is 32.9 Å². The summed E-state index contributed by atoms with van der Waals surface area (Å²) < 4.78 is 30.6. The molecular formula is C13H21NO4S. The molecule has 5 nitrogen and oxygen atoms in total. The lowest BCUT2D eigenvalue weighted by atomic mass is 9.96. The van der Waals surface area contributed by atoms with E-state index in [0.717, 1.165) is 0 Å². The predicted molar refractivity (Wildman–Crippen MR) is 74.6 cm³/mol. The van der Waals surface area contributed by atoms with E-state index in [-0.39, 0.29) is 12.3 Å². The van der Waals surface area contributed by atoms with Crippen LogP contribution >= 0.6 is 0 Å². The lowest BCUT2D eigenvalue weighted by Crippen LogP contribution is -2.39. The summed E-state index contributed by atoms with van der Waals surface area (Å²) >= 11 is 0. The topological polar surface area (TPSA) is 75.6 Å². The van der Waals surface area contributed by atoms with Gasteiger partial charge in [0.2, 0.25) is 10.0 Å². The maximum Gasteiger partial charge on any atom is 0.211 e. The molecule has 108 valence electrons. The highest BCUT2D eigenvalue weighted by Crippen LogP contribution is 2.22. The molecule has 0 spiro atoms. The summed E-state index contributed by atoms with van der Waals surface area (Å²) in [5.41, 5.74) is -0.625. The molecule has 0 radical (unpaired) electrons. The Morgan fingerprint density at radius 1 is 1.32 bits per heavy atom. The molecule has 1 unspecified atom stereocenters. The number of benzene rings is 1. The third-order valence-corrected chi connectivity index (χ3v) is 4.35. The van der Waals surface area contributed by atoms with Gasteiger partial charge in [0.15, 0.2) is 0 Å². The molecule has 0 aliphatic carbocycles. The van der Waals surface area contributed by atoms with Crippen molar-refractivity contribution in [3.63, 3.8) is 0 Å². The molecule has 19 heavy (non-hydrogen) atoms. The standard InChI is InChI=1S/C13H21NO4S/c1-4-9-19(16,17)14-10-13(2,15)11-5-7-12(18-3)8-6-11/h5-8,14-15H,4,9-10H2,1-3H3. The fourth-order valence-corrected chi connectivity index (χ4v) is 2.83. The van der Waals surface area contributed by atoms with Crippen LogP contribution in [-0.2, 0) is 15.6 Å². The van der Waals surface area contributed by atoms with E-state index in [1.807, 2.05) is 0 Å². The van der Waals surface area contributed by atoms with Crippen LogP contribution in [0.5, 0.6) is 5.75 Å². The van der Waals surface area contributed by atoms with Crippen molar-refractivity contribution in [2.24, 2.45) is 0 Å². The van der Waals surface area contributed by atoms with Gasteiger partial charge in [-0.15, -0.1) is 0 Å². The van der Waals surface area contributed by atoms with Gasteiger partial charge in [-0.25, -0.2) is 13.1 Å². The van der Waals surface area contributed by atoms with Crippen molar-refractivity contribution < 1.29 is 18.3 Å². The molecule has 1 atom stereocenters. The first-order valence-corrected chi connectivity index (χ1v) is 7.80. The molecule has 1 aromatic carbocycles. The Balaban J connectivity index is 2.74. The molecule has 0 heterocycles. The maximum atomic E-state index is 11.6. The molecule has 0 amide bonds. The molecule has 1 rings (SSSR count). The van der Waals surface area contributed by atoms with E-state index < -0.39 is 15.6 Å². The van der Waals surface area contributed by atoms with E-state index >= 15 is 0 Å². The number of hydrogen-bond acceptors (Lipinski definition) is 4. The number of rotatable bonds is 7. The summed E-state index contributed by atoms with van der Waals surface area (Å²) in [6.07, 6.45) is 0.542. The number of hydrogen-bond donors (Lipinski definition) is 2. The van der Waals surface area contributed by atoms with Gasteiger partial charge < -0.3 is 9.84 Å². The first kappa shape index (κ1) is 15.9. The van der Waals surface area contributed by atoms with Crippen LogP contribution in [0, 0.1) is 0 Å². The molecule has 0 aromatic heterocycles. The molecule has 0 aliphatic rings. The predicted octanol–water partition coefficient (Wildman–Crippen LogP) is 1.23. The summed E-state index contributed by atoms with van der Waals surface area (Å²) in [7, 11) is -1.76. The SMILES string of the molecule is CCCS(=O)(=O)NCC(C)(O)c1ccc(OC)cc1. The summed E-state index contributed by atoms with van der Waals surface area (Å²) in [5.74, 6) is 0.747. The van der Waals surface area contributed by atoms with Crippen LogP contribution in [0.4, 0.5) is 0 Å². The van der Waals surface area contributed by atoms with Gasteiger partial charge in [0, 0.05) is 6.54 Å². The number of nitrogens with one attached hydrogen (secondary N) is 1. The smallest absolute Gasteiger partial charge is 0.211 e. The van der Waals surface area contributed by atoms with Crippen LogP contribution in [0.3, 0.4) is 0 Å². The van der Waals surface area contributed by atoms with E-state index in [4.69, 9.17) is 4.74 Å². The third-order valence-electron chi connectivity index (χ3n) is 2.82. The number of ether oxygens (including phenoxy) is 1. The second kappa shape index (κ2) is 6.36. The van der Waals surface area contributed by atoms with Crippen molar-refractivity contribution in [3.05, 3.63) is 29.8 Å². The first-order valence-electron chi connectivity index (χ1n) is 6.15. The molecule has 0 fully saturated rings. The molecule has 0 bridgehead atoms. The Labute approximate surface area is 114 Å². The fraction of sp³-hybridized carbons (Fsp3) is 0.538. The minimum atomic E-state index is -3.32. The summed E-state index contributed by atoms with van der Waals surface area (Å²) in [4.78, 5) is 0. The van der Waals surface area contributed by atoms with E-state index in [2.05, 4.69) is 4.72 Å². The van der Waals surface area contributed by atoms with Gasteiger partial charge in [0.25, 0.3) is 0 Å². The van der Waals surface area contributed by atoms with Gasteiger partial charge in [0.05, 0.1) is 12.9 Å². The van der Waals surface area contributed by atoms with Crippen molar-refractivity contribution in [2.45, 2.75) is 25.9 Å². The van der Waals surface area contributed by atoms with Crippen LogP contribution in [0.1, 0.15) is 25.8 Å². The van der Waals surface area contributed by atoms with Gasteiger partial charge in [-0.3, -0.25) is 0 Å². The van der Waals surface area contributed by atoms with Crippen molar-refractivity contribution in [1.29, 1.82) is 0 Å². The normalized spacial score (nSPS) is 14.9. The maximum absolute atomic E-state index is 11.6. The van der Waals surface area contributed by atoms with E-state index in [0.29, 0.717) is 17.7 Å². The highest BCUT2D eigenvalue weighted by molar-refractivity contribution is 7.89. The minimum absolute atomic E-state index is 0.0539.